The molecule has 0 saturated carbocycles. The lowest BCUT2D eigenvalue weighted by molar-refractivity contribution is 0.415. The zero-order valence-corrected chi connectivity index (χ0v) is 12.8. The van der Waals surface area contributed by atoms with Gasteiger partial charge in [0.05, 0.1) is 6.07 Å². The van der Waals surface area contributed by atoms with Crippen LogP contribution in [0.2, 0.25) is 0 Å². The summed E-state index contributed by atoms with van der Waals surface area (Å²) in [5, 5.41) is 21.4. The summed E-state index contributed by atoms with van der Waals surface area (Å²) in [7, 11) is 0. The van der Waals surface area contributed by atoms with Gasteiger partial charge in [0.25, 0.3) is 0 Å². The van der Waals surface area contributed by atoms with Crippen LogP contribution in [0.5, 0.6) is 0 Å². The van der Waals surface area contributed by atoms with Gasteiger partial charge in [0.2, 0.25) is 0 Å². The summed E-state index contributed by atoms with van der Waals surface area (Å²) >= 11 is 3.39. The summed E-state index contributed by atoms with van der Waals surface area (Å²) in [6.45, 7) is 6.81. The average molecular weight is 284 g/mol. The lowest BCUT2D eigenvalue weighted by Crippen LogP contribution is -2.40. The van der Waals surface area contributed by atoms with E-state index in [1.54, 1.807) is 23.1 Å². The van der Waals surface area contributed by atoms with E-state index < -0.39 is 0 Å². The molecule has 0 aliphatic heterocycles. The molecule has 1 N–H and O–H groups in total. The first-order valence-electron chi connectivity index (χ1n) is 6.19. The minimum absolute atomic E-state index is 0.376. The van der Waals surface area contributed by atoms with E-state index in [1.807, 2.05) is 20.8 Å². The van der Waals surface area contributed by atoms with Gasteiger partial charge in [-0.25, -0.2) is 0 Å². The molecule has 1 rings (SSSR count). The second-order valence-electron chi connectivity index (χ2n) is 4.37. The standard InChI is InChI=1S/C12H20N4S2/c1-4-14-12(3,9-13)7-5-6-8-17-11-16-15-10(2)18-11/h14H,4-8H2,1-3H3. The van der Waals surface area contributed by atoms with E-state index in [0.29, 0.717) is 0 Å². The van der Waals surface area contributed by atoms with Crippen molar-refractivity contribution in [2.75, 3.05) is 12.3 Å². The molecular weight excluding hydrogens is 264 g/mol. The van der Waals surface area contributed by atoms with Gasteiger partial charge in [0.1, 0.15) is 10.5 Å². The van der Waals surface area contributed by atoms with Crippen molar-refractivity contribution in [2.24, 2.45) is 0 Å². The van der Waals surface area contributed by atoms with Gasteiger partial charge in [-0.1, -0.05) is 30.0 Å². The minimum Gasteiger partial charge on any atom is -0.300 e. The molecule has 1 aromatic heterocycles. The highest BCUT2D eigenvalue weighted by atomic mass is 32.2. The number of nitriles is 1. The lowest BCUT2D eigenvalue weighted by atomic mass is 9.97. The van der Waals surface area contributed by atoms with Gasteiger partial charge >= 0.3 is 0 Å². The Hall–Kier alpha value is -0.640. The van der Waals surface area contributed by atoms with Crippen molar-refractivity contribution in [3.63, 3.8) is 0 Å². The molecule has 0 radical (unpaired) electrons. The number of aryl methyl sites for hydroxylation is 1. The van der Waals surface area contributed by atoms with Crippen molar-refractivity contribution < 1.29 is 0 Å². The van der Waals surface area contributed by atoms with E-state index in [1.165, 1.54) is 0 Å². The molecule has 0 fully saturated rings. The molecular formula is C12H20N4S2. The Bertz CT molecular complexity index is 399. The summed E-state index contributed by atoms with van der Waals surface area (Å²) in [5.41, 5.74) is -0.376. The molecule has 0 amide bonds. The van der Waals surface area contributed by atoms with Crippen molar-refractivity contribution in [3.8, 4) is 6.07 Å². The fourth-order valence-corrected chi connectivity index (χ4v) is 3.54. The number of hydrogen-bond donors (Lipinski definition) is 1. The predicted octanol–water partition coefficient (Wildman–Crippen LogP) is 3.00. The highest BCUT2D eigenvalue weighted by Gasteiger charge is 2.21. The summed E-state index contributed by atoms with van der Waals surface area (Å²) in [4.78, 5) is 0. The second-order valence-corrected chi connectivity index (χ2v) is 6.89. The number of rotatable bonds is 8. The Kier molecular flexibility index (Phi) is 6.61. The Morgan fingerprint density at radius 2 is 2.22 bits per heavy atom. The summed E-state index contributed by atoms with van der Waals surface area (Å²) in [6, 6.07) is 2.35. The fourth-order valence-electron chi connectivity index (χ4n) is 1.65. The third-order valence-corrected chi connectivity index (χ3v) is 4.68. The zero-order chi connectivity index (χ0) is 13.4. The second kappa shape index (κ2) is 7.72. The number of nitrogens with one attached hydrogen (secondary N) is 1. The van der Waals surface area contributed by atoms with Gasteiger partial charge in [-0.05, 0) is 39.7 Å². The number of hydrogen-bond acceptors (Lipinski definition) is 6. The highest BCUT2D eigenvalue weighted by Crippen LogP contribution is 2.23. The van der Waals surface area contributed by atoms with E-state index >= 15 is 0 Å². The molecule has 100 valence electrons. The van der Waals surface area contributed by atoms with Crippen LogP contribution in [0.1, 0.15) is 38.1 Å². The molecule has 0 aliphatic carbocycles. The van der Waals surface area contributed by atoms with Crippen LogP contribution in [0.25, 0.3) is 0 Å². The summed E-state index contributed by atoms with van der Waals surface area (Å²) in [6.07, 6.45) is 3.06. The van der Waals surface area contributed by atoms with E-state index in [-0.39, 0.29) is 5.54 Å². The molecule has 0 saturated heterocycles. The van der Waals surface area contributed by atoms with Crippen molar-refractivity contribution in [2.45, 2.75) is 49.9 Å². The van der Waals surface area contributed by atoms with Crippen LogP contribution >= 0.6 is 23.1 Å². The van der Waals surface area contributed by atoms with Crippen LogP contribution in [0.3, 0.4) is 0 Å². The average Bonchev–Trinajstić information content (AvgIpc) is 2.75. The van der Waals surface area contributed by atoms with Crippen molar-refractivity contribution in [3.05, 3.63) is 5.01 Å². The number of thioether (sulfide) groups is 1. The van der Waals surface area contributed by atoms with E-state index in [9.17, 15) is 0 Å². The van der Waals surface area contributed by atoms with Gasteiger partial charge < -0.3 is 0 Å². The lowest BCUT2D eigenvalue weighted by Gasteiger charge is -2.22. The van der Waals surface area contributed by atoms with Crippen LogP contribution in [0.4, 0.5) is 0 Å². The molecule has 6 heteroatoms. The topological polar surface area (TPSA) is 61.6 Å². The summed E-state index contributed by atoms with van der Waals surface area (Å²) < 4.78 is 1.04. The number of unbranched alkanes of at least 4 members (excludes halogenated alkanes) is 1. The largest absolute Gasteiger partial charge is 0.300 e. The van der Waals surface area contributed by atoms with Crippen LogP contribution in [-0.2, 0) is 0 Å². The van der Waals surface area contributed by atoms with E-state index in [4.69, 9.17) is 5.26 Å². The SMILES string of the molecule is CCNC(C)(C#N)CCCCSc1nnc(C)s1. The minimum atomic E-state index is -0.376. The Balaban J connectivity index is 2.17. The normalized spacial score (nSPS) is 14.1. The highest BCUT2D eigenvalue weighted by molar-refractivity contribution is 8.01. The first-order valence-corrected chi connectivity index (χ1v) is 7.99. The third-order valence-electron chi connectivity index (χ3n) is 2.62. The van der Waals surface area contributed by atoms with Crippen molar-refractivity contribution >= 4 is 23.1 Å². The molecule has 0 bridgehead atoms. The fraction of sp³-hybridized carbons (Fsp3) is 0.750. The van der Waals surface area contributed by atoms with Crippen LogP contribution < -0.4 is 5.32 Å². The first-order chi connectivity index (χ1) is 8.59. The van der Waals surface area contributed by atoms with Crippen LogP contribution in [0.15, 0.2) is 4.34 Å². The van der Waals surface area contributed by atoms with Crippen molar-refractivity contribution in [1.82, 2.24) is 15.5 Å². The molecule has 18 heavy (non-hydrogen) atoms. The number of nitrogens with zero attached hydrogens (tertiary/aromatic N) is 3. The van der Waals surface area contributed by atoms with Gasteiger partial charge in [0, 0.05) is 5.75 Å². The monoisotopic (exact) mass is 284 g/mol. The van der Waals surface area contributed by atoms with Crippen molar-refractivity contribution in [1.29, 1.82) is 5.26 Å². The first kappa shape index (κ1) is 15.4. The third kappa shape index (κ3) is 5.34. The Morgan fingerprint density at radius 1 is 1.44 bits per heavy atom. The smallest absolute Gasteiger partial charge is 0.174 e. The Labute approximate surface area is 117 Å². The maximum atomic E-state index is 9.12. The molecule has 1 unspecified atom stereocenters. The molecule has 1 aromatic rings. The van der Waals surface area contributed by atoms with Crippen LogP contribution in [0, 0.1) is 18.3 Å². The van der Waals surface area contributed by atoms with Gasteiger partial charge in [0.15, 0.2) is 4.34 Å². The van der Waals surface area contributed by atoms with Gasteiger partial charge in [-0.15, -0.1) is 10.2 Å². The zero-order valence-electron chi connectivity index (χ0n) is 11.2. The molecule has 4 nitrogen and oxygen atoms in total. The van der Waals surface area contributed by atoms with Gasteiger partial charge in [-0.2, -0.15) is 5.26 Å². The molecule has 0 aromatic carbocycles. The molecule has 0 spiro atoms. The predicted molar refractivity (Wildman–Crippen MR) is 76.9 cm³/mol. The molecule has 0 aliphatic rings. The number of aromatic nitrogens is 2. The van der Waals surface area contributed by atoms with Gasteiger partial charge in [-0.3, -0.25) is 5.32 Å². The maximum Gasteiger partial charge on any atom is 0.174 e. The maximum absolute atomic E-state index is 9.12. The molecule has 1 atom stereocenters. The van der Waals surface area contributed by atoms with Crippen LogP contribution in [-0.4, -0.2) is 28.0 Å². The quantitative estimate of drug-likeness (QED) is 0.587. The Morgan fingerprint density at radius 3 is 2.78 bits per heavy atom. The summed E-state index contributed by atoms with van der Waals surface area (Å²) in [5.74, 6) is 1.04. The molecule has 1 heterocycles. The van der Waals surface area contributed by atoms with E-state index in [0.717, 1.165) is 40.9 Å². The van der Waals surface area contributed by atoms with E-state index in [2.05, 4.69) is 21.6 Å².